The normalized spacial score (nSPS) is 14.8. The van der Waals surface area contributed by atoms with Crippen LogP contribution in [0.1, 0.15) is 35.1 Å². The molecule has 0 N–H and O–H groups in total. The highest BCUT2D eigenvalue weighted by atomic mass is 14.3. The molecule has 0 heterocycles. The summed E-state index contributed by atoms with van der Waals surface area (Å²) in [6.07, 6.45) is 4.94. The maximum Gasteiger partial charge on any atom is 0.0994 e. The molecule has 66 valence electrons. The van der Waals surface area contributed by atoms with E-state index in [4.69, 9.17) is 5.26 Å². The molecule has 0 bridgehead atoms. The van der Waals surface area contributed by atoms with E-state index in [-0.39, 0.29) is 0 Å². The molecule has 1 aliphatic rings. The fourth-order valence-corrected chi connectivity index (χ4v) is 2.13. The Morgan fingerprint density at radius 3 is 2.77 bits per heavy atom. The molecule has 0 aliphatic heterocycles. The third-order valence-electron chi connectivity index (χ3n) is 2.94. The molecule has 0 amide bonds. The SMILES string of the molecule is Cc1c(C#N)ccc2c1CCCC2. The first-order chi connectivity index (χ1) is 6.33. The van der Waals surface area contributed by atoms with Gasteiger partial charge in [-0.1, -0.05) is 6.07 Å². The van der Waals surface area contributed by atoms with Gasteiger partial charge in [-0.25, -0.2) is 0 Å². The molecular weight excluding hydrogens is 158 g/mol. The van der Waals surface area contributed by atoms with E-state index in [1.807, 2.05) is 6.07 Å². The summed E-state index contributed by atoms with van der Waals surface area (Å²) in [4.78, 5) is 0. The van der Waals surface area contributed by atoms with Gasteiger partial charge in [-0.05, 0) is 55.4 Å². The summed E-state index contributed by atoms with van der Waals surface area (Å²) in [6, 6.07) is 6.33. The standard InChI is InChI=1S/C12H13N/c1-9-11(8-13)7-6-10-4-2-3-5-12(9)10/h6-7H,2-5H2,1H3. The molecule has 1 nitrogen and oxygen atoms in total. The Labute approximate surface area is 79.0 Å². The lowest BCUT2D eigenvalue weighted by molar-refractivity contribution is 0.681. The first-order valence-corrected chi connectivity index (χ1v) is 4.84. The van der Waals surface area contributed by atoms with Gasteiger partial charge in [0.2, 0.25) is 0 Å². The quantitative estimate of drug-likeness (QED) is 0.588. The third-order valence-corrected chi connectivity index (χ3v) is 2.94. The van der Waals surface area contributed by atoms with E-state index in [9.17, 15) is 0 Å². The van der Waals surface area contributed by atoms with Crippen molar-refractivity contribution in [3.05, 3.63) is 34.4 Å². The van der Waals surface area contributed by atoms with Crippen molar-refractivity contribution in [2.24, 2.45) is 0 Å². The van der Waals surface area contributed by atoms with Crippen molar-refractivity contribution in [1.82, 2.24) is 0 Å². The predicted molar refractivity (Wildman–Crippen MR) is 52.5 cm³/mol. The summed E-state index contributed by atoms with van der Waals surface area (Å²) in [6.45, 7) is 2.07. The lowest BCUT2D eigenvalue weighted by Crippen LogP contribution is -2.05. The van der Waals surface area contributed by atoms with E-state index in [1.54, 1.807) is 0 Å². The number of nitrogens with zero attached hydrogens (tertiary/aromatic N) is 1. The maximum atomic E-state index is 8.87. The fourth-order valence-electron chi connectivity index (χ4n) is 2.13. The number of hydrogen-bond acceptors (Lipinski definition) is 1. The molecule has 1 aromatic rings. The van der Waals surface area contributed by atoms with Gasteiger partial charge < -0.3 is 0 Å². The molecule has 1 aromatic carbocycles. The summed E-state index contributed by atoms with van der Waals surface area (Å²) in [5.41, 5.74) is 4.95. The Morgan fingerprint density at radius 2 is 2.00 bits per heavy atom. The zero-order chi connectivity index (χ0) is 9.26. The maximum absolute atomic E-state index is 8.87. The van der Waals surface area contributed by atoms with Crippen LogP contribution in [0.3, 0.4) is 0 Å². The molecule has 0 aromatic heterocycles. The van der Waals surface area contributed by atoms with Crippen molar-refractivity contribution in [2.45, 2.75) is 32.6 Å². The summed E-state index contributed by atoms with van der Waals surface area (Å²) in [7, 11) is 0. The molecule has 0 spiro atoms. The zero-order valence-corrected chi connectivity index (χ0v) is 7.93. The Morgan fingerprint density at radius 1 is 1.23 bits per heavy atom. The van der Waals surface area contributed by atoms with Gasteiger partial charge in [0.05, 0.1) is 11.6 Å². The van der Waals surface area contributed by atoms with Crippen LogP contribution < -0.4 is 0 Å². The molecule has 0 fully saturated rings. The van der Waals surface area contributed by atoms with E-state index in [0.29, 0.717) is 0 Å². The van der Waals surface area contributed by atoms with Gasteiger partial charge in [-0.3, -0.25) is 0 Å². The minimum absolute atomic E-state index is 0.848. The van der Waals surface area contributed by atoms with Gasteiger partial charge in [0.25, 0.3) is 0 Å². The van der Waals surface area contributed by atoms with Crippen molar-refractivity contribution in [3.63, 3.8) is 0 Å². The average Bonchev–Trinajstić information content (AvgIpc) is 2.19. The Kier molecular flexibility index (Phi) is 2.06. The van der Waals surface area contributed by atoms with E-state index in [2.05, 4.69) is 19.1 Å². The van der Waals surface area contributed by atoms with Gasteiger partial charge in [0, 0.05) is 0 Å². The van der Waals surface area contributed by atoms with Gasteiger partial charge in [-0.2, -0.15) is 5.26 Å². The van der Waals surface area contributed by atoms with Gasteiger partial charge in [-0.15, -0.1) is 0 Å². The van der Waals surface area contributed by atoms with Crippen LogP contribution in [0.4, 0.5) is 0 Å². The van der Waals surface area contributed by atoms with Crippen LogP contribution in [-0.4, -0.2) is 0 Å². The molecule has 0 saturated carbocycles. The van der Waals surface area contributed by atoms with Crippen LogP contribution in [-0.2, 0) is 12.8 Å². The third kappa shape index (κ3) is 1.33. The highest BCUT2D eigenvalue weighted by molar-refractivity contribution is 5.46. The molecule has 2 rings (SSSR count). The van der Waals surface area contributed by atoms with E-state index >= 15 is 0 Å². The topological polar surface area (TPSA) is 23.8 Å². The summed E-state index contributed by atoms with van der Waals surface area (Å²) in [5, 5.41) is 8.87. The Bertz CT molecular complexity index is 371. The highest BCUT2D eigenvalue weighted by Crippen LogP contribution is 2.25. The molecule has 0 unspecified atom stereocenters. The van der Waals surface area contributed by atoms with Gasteiger partial charge in [0.1, 0.15) is 0 Å². The Hall–Kier alpha value is -1.29. The second-order valence-electron chi connectivity index (χ2n) is 3.69. The molecule has 1 heteroatoms. The predicted octanol–water partition coefficient (Wildman–Crippen LogP) is 2.75. The van der Waals surface area contributed by atoms with Crippen molar-refractivity contribution < 1.29 is 0 Å². The largest absolute Gasteiger partial charge is 0.192 e. The number of hydrogen-bond donors (Lipinski definition) is 0. The van der Waals surface area contributed by atoms with Crippen LogP contribution >= 0.6 is 0 Å². The number of nitriles is 1. The number of benzene rings is 1. The second kappa shape index (κ2) is 3.22. The van der Waals surface area contributed by atoms with E-state index in [0.717, 1.165) is 12.0 Å². The lowest BCUT2D eigenvalue weighted by atomic mass is 9.87. The van der Waals surface area contributed by atoms with Crippen LogP contribution in [0.25, 0.3) is 0 Å². The molecular formula is C12H13N. The first-order valence-electron chi connectivity index (χ1n) is 4.84. The van der Waals surface area contributed by atoms with E-state index < -0.39 is 0 Å². The molecule has 1 aliphatic carbocycles. The van der Waals surface area contributed by atoms with Crippen LogP contribution in [0, 0.1) is 18.3 Å². The van der Waals surface area contributed by atoms with Gasteiger partial charge in [0.15, 0.2) is 0 Å². The van der Waals surface area contributed by atoms with Gasteiger partial charge >= 0.3 is 0 Å². The van der Waals surface area contributed by atoms with Crippen LogP contribution in [0.5, 0.6) is 0 Å². The summed E-state index contributed by atoms with van der Waals surface area (Å²) >= 11 is 0. The second-order valence-corrected chi connectivity index (χ2v) is 3.69. The molecule has 0 radical (unpaired) electrons. The molecule has 0 atom stereocenters. The molecule has 0 saturated heterocycles. The number of fused-ring (bicyclic) bond motifs is 1. The van der Waals surface area contributed by atoms with Crippen molar-refractivity contribution in [2.75, 3.05) is 0 Å². The minimum atomic E-state index is 0.848. The van der Waals surface area contributed by atoms with Crippen LogP contribution in [0.15, 0.2) is 12.1 Å². The summed E-state index contributed by atoms with van der Waals surface area (Å²) in [5.74, 6) is 0. The number of rotatable bonds is 0. The smallest absolute Gasteiger partial charge is 0.0994 e. The van der Waals surface area contributed by atoms with Crippen LogP contribution in [0.2, 0.25) is 0 Å². The van der Waals surface area contributed by atoms with Crippen molar-refractivity contribution in [3.8, 4) is 6.07 Å². The highest BCUT2D eigenvalue weighted by Gasteiger charge is 2.12. The lowest BCUT2D eigenvalue weighted by Gasteiger charge is -2.18. The number of aryl methyl sites for hydroxylation is 1. The minimum Gasteiger partial charge on any atom is -0.192 e. The van der Waals surface area contributed by atoms with Crippen molar-refractivity contribution >= 4 is 0 Å². The summed E-state index contributed by atoms with van der Waals surface area (Å²) < 4.78 is 0. The average molecular weight is 171 g/mol. The molecule has 13 heavy (non-hydrogen) atoms. The van der Waals surface area contributed by atoms with Crippen molar-refractivity contribution in [1.29, 1.82) is 5.26 Å². The fraction of sp³-hybridized carbons (Fsp3) is 0.417. The Balaban J connectivity index is 2.56. The first kappa shape index (κ1) is 8.31. The van der Waals surface area contributed by atoms with E-state index in [1.165, 1.54) is 36.0 Å². The monoisotopic (exact) mass is 171 g/mol. The zero-order valence-electron chi connectivity index (χ0n) is 7.93.